The van der Waals surface area contributed by atoms with Gasteiger partial charge in [-0.1, -0.05) is 210 Å². The molecule has 0 amide bonds. The van der Waals surface area contributed by atoms with Gasteiger partial charge in [-0.05, 0) is 32.1 Å². The normalized spacial score (nSPS) is 13.9. The Kier molecular flexibility index (Phi) is 40.8. The average Bonchev–Trinajstić information content (AvgIpc) is 3.20. The van der Waals surface area contributed by atoms with E-state index in [0.717, 1.165) is 57.8 Å². The highest BCUT2D eigenvalue weighted by Gasteiger charge is 2.21. The summed E-state index contributed by atoms with van der Waals surface area (Å²) in [7, 11) is 1.15. The van der Waals surface area contributed by atoms with Crippen molar-refractivity contribution in [2.24, 2.45) is 0 Å². The lowest BCUT2D eigenvalue weighted by Crippen LogP contribution is -2.37. The summed E-state index contributed by atoms with van der Waals surface area (Å²) in [5, 5.41) is 0. The lowest BCUT2D eigenvalue weighted by Gasteiger charge is -2.28. The van der Waals surface area contributed by atoms with Crippen LogP contribution >= 0.6 is 7.82 Å². The van der Waals surface area contributed by atoms with Crippen LogP contribution < -0.4 is 4.89 Å². The Morgan fingerprint density at radius 2 is 0.950 bits per heavy atom. The van der Waals surface area contributed by atoms with Crippen LogP contribution in [0.3, 0.4) is 0 Å². The van der Waals surface area contributed by atoms with Gasteiger partial charge in [0.25, 0.3) is 7.82 Å². The SMILES string of the molecule is CC/C=C/C=C/C=C/C=C/CCCCCCCC(=O)O[C@@H](COC(=O)CCCCCCCCCCCCCCCCCCCCCCC)COP(=O)([O-])OCC[N+](C)(C)C. The molecule has 0 aliphatic carbocycles. The van der Waals surface area contributed by atoms with E-state index in [-0.39, 0.29) is 32.0 Å². The van der Waals surface area contributed by atoms with E-state index in [1.807, 2.05) is 51.5 Å². The number of rotatable bonds is 44. The highest BCUT2D eigenvalue weighted by atomic mass is 31.2. The fraction of sp³-hybridized carbons (Fsp3) is 0.800. The molecule has 0 aromatic carbocycles. The number of quaternary nitrogens is 1. The van der Waals surface area contributed by atoms with Gasteiger partial charge in [-0.25, -0.2) is 0 Å². The van der Waals surface area contributed by atoms with Crippen LogP contribution in [0.5, 0.6) is 0 Å². The van der Waals surface area contributed by atoms with Gasteiger partial charge in [-0.3, -0.25) is 14.2 Å². The zero-order valence-corrected chi connectivity index (χ0v) is 40.3. The Morgan fingerprint density at radius 3 is 1.42 bits per heavy atom. The molecular formula is C50H92NO8P. The molecule has 350 valence electrons. The monoisotopic (exact) mass is 866 g/mol. The smallest absolute Gasteiger partial charge is 0.306 e. The highest BCUT2D eigenvalue weighted by molar-refractivity contribution is 7.45. The molecule has 0 aromatic rings. The van der Waals surface area contributed by atoms with Crippen molar-refractivity contribution in [1.82, 2.24) is 0 Å². The number of esters is 2. The summed E-state index contributed by atoms with van der Waals surface area (Å²) in [6, 6.07) is 0. The van der Waals surface area contributed by atoms with Crippen molar-refractivity contribution in [3.8, 4) is 0 Å². The van der Waals surface area contributed by atoms with E-state index in [0.29, 0.717) is 17.4 Å². The van der Waals surface area contributed by atoms with E-state index in [2.05, 4.69) is 32.1 Å². The fourth-order valence-corrected chi connectivity index (χ4v) is 7.40. The summed E-state index contributed by atoms with van der Waals surface area (Å²) in [6.45, 7) is 4.08. The molecule has 0 heterocycles. The quantitative estimate of drug-likeness (QED) is 0.0196. The number of nitrogens with zero attached hydrogens (tertiary/aromatic N) is 1. The minimum absolute atomic E-state index is 0.0364. The molecule has 10 heteroatoms. The van der Waals surface area contributed by atoms with Gasteiger partial charge in [0.05, 0.1) is 27.7 Å². The van der Waals surface area contributed by atoms with E-state index < -0.39 is 26.5 Å². The third-order valence-corrected chi connectivity index (χ3v) is 11.4. The lowest BCUT2D eigenvalue weighted by molar-refractivity contribution is -0.870. The van der Waals surface area contributed by atoms with Gasteiger partial charge in [0.1, 0.15) is 19.8 Å². The van der Waals surface area contributed by atoms with Crippen LogP contribution in [0.2, 0.25) is 0 Å². The molecule has 0 saturated heterocycles. The number of likely N-dealkylation sites (N-methyl/N-ethyl adjacent to an activating group) is 1. The van der Waals surface area contributed by atoms with Crippen molar-refractivity contribution in [2.75, 3.05) is 47.5 Å². The Hall–Kier alpha value is -2.03. The highest BCUT2D eigenvalue weighted by Crippen LogP contribution is 2.38. The summed E-state index contributed by atoms with van der Waals surface area (Å²) in [5.41, 5.74) is 0. The second kappa shape index (κ2) is 42.3. The Bertz CT molecular complexity index is 1160. The first-order valence-corrected chi connectivity index (χ1v) is 25.9. The molecule has 0 aromatic heterocycles. The Morgan fingerprint density at radius 1 is 0.533 bits per heavy atom. The van der Waals surface area contributed by atoms with E-state index >= 15 is 0 Å². The number of phosphoric ester groups is 1. The van der Waals surface area contributed by atoms with Gasteiger partial charge in [0, 0.05) is 12.8 Å². The van der Waals surface area contributed by atoms with Crippen molar-refractivity contribution in [3.63, 3.8) is 0 Å². The third-order valence-electron chi connectivity index (χ3n) is 10.5. The fourth-order valence-electron chi connectivity index (χ4n) is 6.67. The largest absolute Gasteiger partial charge is 0.756 e. The molecule has 9 nitrogen and oxygen atoms in total. The molecule has 0 spiro atoms. The molecule has 0 bridgehead atoms. The van der Waals surface area contributed by atoms with E-state index in [4.69, 9.17) is 18.5 Å². The molecule has 1 unspecified atom stereocenters. The van der Waals surface area contributed by atoms with Crippen LogP contribution in [-0.2, 0) is 32.7 Å². The average molecular weight is 866 g/mol. The standard InChI is InChI=1S/C50H92NO8P/c1-6-8-10-12-14-16-18-20-22-23-24-25-26-27-29-30-32-34-36-38-40-42-49(52)56-46-48(47-58-60(54,55)57-45-44-51(3,4)5)59-50(53)43-41-39-37-35-33-31-28-21-19-17-15-13-11-9-7-2/h9,11,13,15,17,19,21,28,48H,6-8,10,12,14,16,18,20,22-27,29-47H2,1-5H3/b11-9+,15-13+,19-17+,28-21+/t48-/m0/s1. The van der Waals surface area contributed by atoms with E-state index in [1.54, 1.807) is 0 Å². The summed E-state index contributed by atoms with van der Waals surface area (Å²) in [5.74, 6) is -0.856. The minimum Gasteiger partial charge on any atom is -0.756 e. The maximum Gasteiger partial charge on any atom is 0.306 e. The van der Waals surface area contributed by atoms with Crippen molar-refractivity contribution in [2.45, 2.75) is 213 Å². The summed E-state index contributed by atoms with van der Waals surface area (Å²) >= 11 is 0. The molecule has 2 atom stereocenters. The van der Waals surface area contributed by atoms with Crippen LogP contribution in [0, 0.1) is 0 Å². The second-order valence-corrected chi connectivity index (χ2v) is 19.0. The molecule has 0 saturated carbocycles. The number of ether oxygens (including phenoxy) is 2. The number of carbonyl (C=O) groups is 2. The van der Waals surface area contributed by atoms with Crippen LogP contribution in [0.4, 0.5) is 0 Å². The topological polar surface area (TPSA) is 111 Å². The van der Waals surface area contributed by atoms with E-state index in [9.17, 15) is 19.0 Å². The number of unbranched alkanes of at least 4 members (excludes halogenated alkanes) is 25. The van der Waals surface area contributed by atoms with Crippen molar-refractivity contribution in [3.05, 3.63) is 48.6 Å². The molecule has 0 radical (unpaired) electrons. The molecule has 0 aliphatic rings. The molecule has 0 fully saturated rings. The van der Waals surface area contributed by atoms with Gasteiger partial charge >= 0.3 is 11.9 Å². The second-order valence-electron chi connectivity index (χ2n) is 17.5. The first-order chi connectivity index (χ1) is 29.0. The van der Waals surface area contributed by atoms with Gasteiger partial charge in [-0.2, -0.15) is 0 Å². The predicted molar refractivity (Wildman–Crippen MR) is 250 cm³/mol. The van der Waals surface area contributed by atoms with Crippen molar-refractivity contribution < 1.29 is 42.1 Å². The number of hydrogen-bond donors (Lipinski definition) is 0. The first-order valence-electron chi connectivity index (χ1n) is 24.4. The van der Waals surface area contributed by atoms with Gasteiger partial charge in [0.15, 0.2) is 6.10 Å². The van der Waals surface area contributed by atoms with Crippen molar-refractivity contribution >= 4 is 19.8 Å². The predicted octanol–water partition coefficient (Wildman–Crippen LogP) is 13.6. The van der Waals surface area contributed by atoms with Crippen LogP contribution in [0.15, 0.2) is 48.6 Å². The summed E-state index contributed by atoms with van der Waals surface area (Å²) in [6.07, 6.45) is 50.0. The number of allylic oxidation sites excluding steroid dienone is 8. The van der Waals surface area contributed by atoms with Crippen molar-refractivity contribution in [1.29, 1.82) is 0 Å². The van der Waals surface area contributed by atoms with E-state index in [1.165, 1.54) is 116 Å². The van der Waals surface area contributed by atoms with Gasteiger partial charge < -0.3 is 27.9 Å². The lowest BCUT2D eigenvalue weighted by atomic mass is 10.0. The third kappa shape index (κ3) is 45.5. The Balaban J connectivity index is 4.26. The number of carbonyl (C=O) groups excluding carboxylic acids is 2. The van der Waals surface area contributed by atoms with Crippen LogP contribution in [-0.4, -0.2) is 70.0 Å². The summed E-state index contributed by atoms with van der Waals surface area (Å²) < 4.78 is 34.0. The number of phosphoric acid groups is 1. The van der Waals surface area contributed by atoms with Crippen LogP contribution in [0.1, 0.15) is 206 Å². The zero-order valence-electron chi connectivity index (χ0n) is 39.4. The molecule has 60 heavy (non-hydrogen) atoms. The molecule has 0 aliphatic heterocycles. The Labute approximate surface area is 369 Å². The van der Waals surface area contributed by atoms with Gasteiger partial charge in [0.2, 0.25) is 0 Å². The number of hydrogen-bond acceptors (Lipinski definition) is 8. The minimum atomic E-state index is -4.63. The maximum atomic E-state index is 12.7. The summed E-state index contributed by atoms with van der Waals surface area (Å²) in [4.78, 5) is 37.6. The van der Waals surface area contributed by atoms with Crippen LogP contribution in [0.25, 0.3) is 0 Å². The first kappa shape index (κ1) is 58.0. The van der Waals surface area contributed by atoms with Gasteiger partial charge in [-0.15, -0.1) is 0 Å². The molecular weight excluding hydrogens is 774 g/mol. The maximum absolute atomic E-state index is 12.7. The molecule has 0 rings (SSSR count). The zero-order chi connectivity index (χ0) is 44.3. The molecule has 0 N–H and O–H groups in total.